The van der Waals surface area contributed by atoms with E-state index < -0.39 is 0 Å². The summed E-state index contributed by atoms with van der Waals surface area (Å²) in [5, 5.41) is 3.10. The number of nitrogens with two attached hydrogens (primary N) is 1. The first-order valence-electron chi connectivity index (χ1n) is 7.11. The lowest BCUT2D eigenvalue weighted by Crippen LogP contribution is -2.39. The number of amides is 1. The first-order valence-corrected chi connectivity index (χ1v) is 7.11. The van der Waals surface area contributed by atoms with Crippen LogP contribution in [0.1, 0.15) is 55.1 Å². The van der Waals surface area contributed by atoms with Crippen molar-refractivity contribution in [2.45, 2.75) is 52.0 Å². The monoisotopic (exact) mass is 261 g/mol. The molecule has 1 aliphatic rings. The molecule has 1 aromatic heterocycles. The van der Waals surface area contributed by atoms with Crippen LogP contribution in [-0.2, 0) is 0 Å². The molecule has 0 saturated heterocycles. The molecule has 1 saturated carbocycles. The van der Waals surface area contributed by atoms with Gasteiger partial charge in [-0.2, -0.15) is 0 Å². The molecule has 1 heterocycles. The predicted molar refractivity (Wildman–Crippen MR) is 76.9 cm³/mol. The maximum Gasteiger partial charge on any atom is 0.253 e. The standard InChI is InChI=1S/C15H23N3O/c1-10(12-6-4-3-5-7-12)18-15(19)14-8-13(16)9-17-11(14)2/h8-10,12H,3-7,16H2,1-2H3,(H,18,19). The molecular weight excluding hydrogens is 238 g/mol. The average Bonchev–Trinajstić information content (AvgIpc) is 2.42. The summed E-state index contributed by atoms with van der Waals surface area (Å²) in [7, 11) is 0. The highest BCUT2D eigenvalue weighted by atomic mass is 16.1. The zero-order valence-corrected chi connectivity index (χ0v) is 11.8. The summed E-state index contributed by atoms with van der Waals surface area (Å²) in [4.78, 5) is 16.4. The minimum absolute atomic E-state index is 0.0598. The Labute approximate surface area is 114 Å². The second kappa shape index (κ2) is 6.04. The number of rotatable bonds is 3. The minimum Gasteiger partial charge on any atom is -0.397 e. The molecule has 1 aromatic rings. The van der Waals surface area contributed by atoms with Crippen molar-refractivity contribution in [3.8, 4) is 0 Å². The van der Waals surface area contributed by atoms with Gasteiger partial charge in [0.15, 0.2) is 0 Å². The lowest BCUT2D eigenvalue weighted by molar-refractivity contribution is 0.0918. The van der Waals surface area contributed by atoms with Crippen LogP contribution in [0.2, 0.25) is 0 Å². The number of nitrogen functional groups attached to an aromatic ring is 1. The van der Waals surface area contributed by atoms with Crippen LogP contribution in [0, 0.1) is 12.8 Å². The summed E-state index contributed by atoms with van der Waals surface area (Å²) in [6, 6.07) is 1.92. The first kappa shape index (κ1) is 13.8. The van der Waals surface area contributed by atoms with E-state index in [-0.39, 0.29) is 11.9 Å². The van der Waals surface area contributed by atoms with E-state index >= 15 is 0 Å². The SMILES string of the molecule is Cc1ncc(N)cc1C(=O)NC(C)C1CCCCC1. The van der Waals surface area contributed by atoms with Gasteiger partial charge < -0.3 is 11.1 Å². The largest absolute Gasteiger partial charge is 0.397 e. The molecule has 2 rings (SSSR count). The van der Waals surface area contributed by atoms with Crippen LogP contribution in [0.3, 0.4) is 0 Å². The molecule has 4 nitrogen and oxygen atoms in total. The third kappa shape index (κ3) is 3.46. The van der Waals surface area contributed by atoms with Gasteiger partial charge in [-0.05, 0) is 38.7 Å². The molecule has 104 valence electrons. The van der Waals surface area contributed by atoms with E-state index in [1.54, 1.807) is 12.3 Å². The fourth-order valence-electron chi connectivity index (χ4n) is 2.82. The highest BCUT2D eigenvalue weighted by Crippen LogP contribution is 2.26. The zero-order valence-electron chi connectivity index (χ0n) is 11.8. The van der Waals surface area contributed by atoms with E-state index in [9.17, 15) is 4.79 Å². The van der Waals surface area contributed by atoms with Crippen molar-refractivity contribution >= 4 is 11.6 Å². The van der Waals surface area contributed by atoms with Crippen molar-refractivity contribution in [2.75, 3.05) is 5.73 Å². The van der Waals surface area contributed by atoms with Gasteiger partial charge in [0.25, 0.3) is 5.91 Å². The smallest absolute Gasteiger partial charge is 0.253 e. The maximum absolute atomic E-state index is 12.3. The van der Waals surface area contributed by atoms with E-state index in [0.717, 1.165) is 5.69 Å². The number of carbonyl (C=O) groups is 1. The van der Waals surface area contributed by atoms with E-state index in [0.29, 0.717) is 17.2 Å². The second-order valence-corrected chi connectivity index (χ2v) is 5.56. The maximum atomic E-state index is 12.3. The molecule has 1 atom stereocenters. The number of aromatic nitrogens is 1. The van der Waals surface area contributed by atoms with E-state index in [1.807, 2.05) is 6.92 Å². The number of anilines is 1. The average molecular weight is 261 g/mol. The molecule has 1 aliphatic carbocycles. The highest BCUT2D eigenvalue weighted by molar-refractivity contribution is 5.96. The van der Waals surface area contributed by atoms with Crippen molar-refractivity contribution in [3.63, 3.8) is 0 Å². The fraction of sp³-hybridized carbons (Fsp3) is 0.600. The minimum atomic E-state index is -0.0598. The molecule has 0 aromatic carbocycles. The van der Waals surface area contributed by atoms with Crippen LogP contribution in [0.5, 0.6) is 0 Å². The van der Waals surface area contributed by atoms with E-state index in [1.165, 1.54) is 32.1 Å². The number of nitrogens with zero attached hydrogens (tertiary/aromatic N) is 1. The lowest BCUT2D eigenvalue weighted by atomic mass is 9.84. The number of aryl methyl sites for hydroxylation is 1. The Kier molecular flexibility index (Phi) is 4.40. The van der Waals surface area contributed by atoms with Gasteiger partial charge >= 0.3 is 0 Å². The molecule has 1 unspecified atom stereocenters. The van der Waals surface area contributed by atoms with Gasteiger partial charge in [0, 0.05) is 6.04 Å². The third-order valence-electron chi connectivity index (χ3n) is 4.07. The summed E-state index contributed by atoms with van der Waals surface area (Å²) in [6.07, 6.45) is 7.91. The Bertz CT molecular complexity index is 453. The van der Waals surface area contributed by atoms with Crippen LogP contribution in [0.15, 0.2) is 12.3 Å². The molecule has 1 amide bonds. The van der Waals surface area contributed by atoms with Crippen molar-refractivity contribution < 1.29 is 4.79 Å². The molecule has 19 heavy (non-hydrogen) atoms. The summed E-state index contributed by atoms with van der Waals surface area (Å²) < 4.78 is 0. The third-order valence-corrected chi connectivity index (χ3v) is 4.07. The van der Waals surface area contributed by atoms with Crippen LogP contribution in [-0.4, -0.2) is 16.9 Å². The first-order chi connectivity index (χ1) is 9.08. The molecule has 0 bridgehead atoms. The molecule has 3 N–H and O–H groups in total. The lowest BCUT2D eigenvalue weighted by Gasteiger charge is -2.28. The molecule has 0 radical (unpaired) electrons. The van der Waals surface area contributed by atoms with Gasteiger partial charge in [0.1, 0.15) is 0 Å². The number of nitrogens with one attached hydrogen (secondary N) is 1. The Balaban J connectivity index is 2.01. The molecule has 0 aliphatic heterocycles. The van der Waals surface area contributed by atoms with Crippen molar-refractivity contribution in [1.82, 2.24) is 10.3 Å². The summed E-state index contributed by atoms with van der Waals surface area (Å²) in [6.45, 7) is 3.93. The Hall–Kier alpha value is -1.58. The van der Waals surface area contributed by atoms with Gasteiger partial charge in [-0.1, -0.05) is 19.3 Å². The van der Waals surface area contributed by atoms with Crippen LogP contribution >= 0.6 is 0 Å². The molecular formula is C15H23N3O. The van der Waals surface area contributed by atoms with E-state index in [2.05, 4.69) is 17.2 Å². The van der Waals surface area contributed by atoms with Gasteiger partial charge in [0.05, 0.1) is 23.1 Å². The fourth-order valence-corrected chi connectivity index (χ4v) is 2.82. The number of pyridine rings is 1. The highest BCUT2D eigenvalue weighted by Gasteiger charge is 2.22. The summed E-state index contributed by atoms with van der Waals surface area (Å²) >= 11 is 0. The van der Waals surface area contributed by atoms with E-state index in [4.69, 9.17) is 5.73 Å². The number of carbonyl (C=O) groups excluding carboxylic acids is 1. The summed E-state index contributed by atoms with van der Waals surface area (Å²) in [5.74, 6) is 0.544. The van der Waals surface area contributed by atoms with Crippen LogP contribution < -0.4 is 11.1 Å². The number of hydrogen-bond acceptors (Lipinski definition) is 3. The van der Waals surface area contributed by atoms with Crippen LogP contribution in [0.25, 0.3) is 0 Å². The summed E-state index contributed by atoms with van der Waals surface area (Å²) in [5.41, 5.74) is 7.54. The Morgan fingerprint density at radius 1 is 1.42 bits per heavy atom. The van der Waals surface area contributed by atoms with Crippen molar-refractivity contribution in [2.24, 2.45) is 5.92 Å². The topological polar surface area (TPSA) is 68.0 Å². The van der Waals surface area contributed by atoms with Gasteiger partial charge in [0.2, 0.25) is 0 Å². The zero-order chi connectivity index (χ0) is 13.8. The van der Waals surface area contributed by atoms with Crippen molar-refractivity contribution in [3.05, 3.63) is 23.5 Å². The quantitative estimate of drug-likeness (QED) is 0.879. The number of hydrogen-bond donors (Lipinski definition) is 2. The van der Waals surface area contributed by atoms with Gasteiger partial charge in [-0.15, -0.1) is 0 Å². The molecule has 1 fully saturated rings. The van der Waals surface area contributed by atoms with Gasteiger partial charge in [-0.3, -0.25) is 9.78 Å². The molecule has 0 spiro atoms. The molecule has 4 heteroatoms. The second-order valence-electron chi connectivity index (χ2n) is 5.56. The Morgan fingerprint density at radius 2 is 2.11 bits per heavy atom. The van der Waals surface area contributed by atoms with Crippen molar-refractivity contribution in [1.29, 1.82) is 0 Å². The predicted octanol–water partition coefficient (Wildman–Crippen LogP) is 2.67. The van der Waals surface area contributed by atoms with Gasteiger partial charge in [-0.25, -0.2) is 0 Å². The normalized spacial score (nSPS) is 18.0. The van der Waals surface area contributed by atoms with Crippen LogP contribution in [0.4, 0.5) is 5.69 Å². The Morgan fingerprint density at radius 3 is 2.79 bits per heavy atom.